The van der Waals surface area contributed by atoms with Crippen molar-refractivity contribution < 1.29 is 24.7 Å². The summed E-state index contributed by atoms with van der Waals surface area (Å²) in [5, 5.41) is 29.8. The van der Waals surface area contributed by atoms with E-state index in [1.165, 1.54) is 31.3 Å². The van der Waals surface area contributed by atoms with E-state index in [1.54, 1.807) is 19.9 Å². The van der Waals surface area contributed by atoms with E-state index in [0.29, 0.717) is 16.9 Å². The Morgan fingerprint density at radius 1 is 1.21 bits per heavy atom. The molecule has 0 unspecified atom stereocenters. The molecule has 0 radical (unpaired) electrons. The number of nitrogens with zero attached hydrogens (tertiary/aromatic N) is 2. The Labute approximate surface area is 137 Å². The quantitative estimate of drug-likeness (QED) is 0.650. The maximum atomic E-state index is 11.1. The number of phenolic OH excluding ortho intramolecular Hbond substituents is 1. The second-order valence-electron chi connectivity index (χ2n) is 5.18. The molecule has 1 amide bonds. The summed E-state index contributed by atoms with van der Waals surface area (Å²) in [6.45, 7) is 3.50. The highest BCUT2D eigenvalue weighted by molar-refractivity contribution is 5.89. The lowest BCUT2D eigenvalue weighted by atomic mass is 10.1. The van der Waals surface area contributed by atoms with Crippen LogP contribution in [-0.4, -0.2) is 28.3 Å². The van der Waals surface area contributed by atoms with E-state index >= 15 is 0 Å². The summed E-state index contributed by atoms with van der Waals surface area (Å²) in [7, 11) is 1.21. The first-order valence-corrected chi connectivity index (χ1v) is 6.94. The molecule has 2 N–H and O–H groups in total. The Morgan fingerprint density at radius 3 is 2.46 bits per heavy atom. The lowest BCUT2D eigenvalue weighted by Gasteiger charge is -2.16. The van der Waals surface area contributed by atoms with Gasteiger partial charge in [0.25, 0.3) is 5.69 Å². The predicted octanol–water partition coefficient (Wildman–Crippen LogP) is 3.82. The average molecular weight is 332 g/mol. The van der Waals surface area contributed by atoms with Gasteiger partial charge in [0.2, 0.25) is 0 Å². The van der Waals surface area contributed by atoms with Crippen molar-refractivity contribution in [2.75, 3.05) is 11.9 Å². The first kappa shape index (κ1) is 17.1. The van der Waals surface area contributed by atoms with Gasteiger partial charge in [0.15, 0.2) is 0 Å². The molecular weight excluding hydrogens is 316 g/mol. The van der Waals surface area contributed by atoms with Crippen molar-refractivity contribution in [3.8, 4) is 17.2 Å². The number of phenols is 1. The van der Waals surface area contributed by atoms with Crippen molar-refractivity contribution >= 4 is 17.5 Å². The molecule has 2 aromatic rings. The summed E-state index contributed by atoms with van der Waals surface area (Å²) in [5.41, 5.74) is 0.919. The third-order valence-corrected chi connectivity index (χ3v) is 3.73. The number of carbonyl (C=O) groups is 1. The van der Waals surface area contributed by atoms with Crippen molar-refractivity contribution in [1.82, 2.24) is 0 Å². The smallest absolute Gasteiger partial charge is 0.411 e. The van der Waals surface area contributed by atoms with Crippen LogP contribution in [0.5, 0.6) is 17.2 Å². The van der Waals surface area contributed by atoms with Crippen LogP contribution in [0.3, 0.4) is 0 Å². The molecule has 126 valence electrons. The van der Waals surface area contributed by atoms with Gasteiger partial charge in [-0.3, -0.25) is 15.0 Å². The fourth-order valence-electron chi connectivity index (χ4n) is 2.11. The molecule has 2 rings (SSSR count). The van der Waals surface area contributed by atoms with Crippen LogP contribution in [0.2, 0.25) is 0 Å². The van der Waals surface area contributed by atoms with Gasteiger partial charge in [0.05, 0.1) is 4.92 Å². The van der Waals surface area contributed by atoms with Crippen LogP contribution < -0.4 is 9.64 Å². The number of anilines is 1. The minimum absolute atomic E-state index is 0.0989. The zero-order chi connectivity index (χ0) is 18.0. The molecule has 0 bridgehead atoms. The average Bonchev–Trinajstić information content (AvgIpc) is 2.54. The number of hydrogen-bond donors (Lipinski definition) is 2. The highest BCUT2D eigenvalue weighted by Crippen LogP contribution is 2.36. The topological polar surface area (TPSA) is 113 Å². The Kier molecular flexibility index (Phi) is 4.59. The van der Waals surface area contributed by atoms with Crippen LogP contribution in [0, 0.1) is 24.0 Å². The van der Waals surface area contributed by atoms with Crippen molar-refractivity contribution in [1.29, 1.82) is 0 Å². The number of aromatic hydroxyl groups is 1. The van der Waals surface area contributed by atoms with E-state index in [2.05, 4.69) is 0 Å². The summed E-state index contributed by atoms with van der Waals surface area (Å²) < 4.78 is 5.70. The zero-order valence-electron chi connectivity index (χ0n) is 13.3. The normalized spacial score (nSPS) is 10.3. The molecule has 0 aromatic heterocycles. The second-order valence-corrected chi connectivity index (χ2v) is 5.18. The summed E-state index contributed by atoms with van der Waals surface area (Å²) in [5.74, 6) is 0.842. The largest absolute Gasteiger partial charge is 0.508 e. The first-order valence-electron chi connectivity index (χ1n) is 6.94. The lowest BCUT2D eigenvalue weighted by Crippen LogP contribution is -2.24. The maximum absolute atomic E-state index is 11.1. The molecule has 0 heterocycles. The van der Waals surface area contributed by atoms with Gasteiger partial charge in [-0.05, 0) is 43.2 Å². The van der Waals surface area contributed by atoms with Crippen LogP contribution >= 0.6 is 0 Å². The van der Waals surface area contributed by atoms with Gasteiger partial charge >= 0.3 is 6.09 Å². The van der Waals surface area contributed by atoms with E-state index in [4.69, 9.17) is 9.84 Å². The monoisotopic (exact) mass is 332 g/mol. The number of ether oxygens (including phenoxy) is 1. The highest BCUT2D eigenvalue weighted by atomic mass is 16.6. The van der Waals surface area contributed by atoms with Gasteiger partial charge in [-0.25, -0.2) is 4.79 Å². The Hall–Kier alpha value is -3.29. The third kappa shape index (κ3) is 3.22. The summed E-state index contributed by atoms with van der Waals surface area (Å²) in [6.07, 6.45) is -1.33. The molecule has 0 saturated heterocycles. The number of nitro benzene ring substituents is 1. The second kappa shape index (κ2) is 6.45. The van der Waals surface area contributed by atoms with Crippen molar-refractivity contribution in [3.63, 3.8) is 0 Å². The standard InChI is InChI=1S/C16H16N2O6/c1-9-10(2)15(7-6-14(9)19)24-11-4-5-12(18(22)23)13(8-11)17(3)16(20)21/h4-8,19H,1-3H3,(H,20,21). The Morgan fingerprint density at radius 2 is 1.88 bits per heavy atom. The fraction of sp³-hybridized carbons (Fsp3) is 0.188. The summed E-state index contributed by atoms with van der Waals surface area (Å²) in [6, 6.07) is 6.91. The molecule has 0 spiro atoms. The Balaban J connectivity index is 2.46. The van der Waals surface area contributed by atoms with E-state index in [0.717, 1.165) is 4.90 Å². The predicted molar refractivity (Wildman–Crippen MR) is 87.2 cm³/mol. The Bertz CT molecular complexity index is 818. The van der Waals surface area contributed by atoms with Crippen molar-refractivity contribution in [2.24, 2.45) is 0 Å². The maximum Gasteiger partial charge on any atom is 0.411 e. The number of rotatable bonds is 4. The molecule has 0 fully saturated rings. The van der Waals surface area contributed by atoms with Crippen LogP contribution in [0.4, 0.5) is 16.2 Å². The van der Waals surface area contributed by atoms with Gasteiger partial charge in [0, 0.05) is 19.2 Å². The lowest BCUT2D eigenvalue weighted by molar-refractivity contribution is -0.384. The van der Waals surface area contributed by atoms with E-state index < -0.39 is 11.0 Å². The minimum Gasteiger partial charge on any atom is -0.508 e. The van der Waals surface area contributed by atoms with Crippen molar-refractivity contribution in [3.05, 3.63) is 51.6 Å². The molecule has 0 aliphatic rings. The summed E-state index contributed by atoms with van der Waals surface area (Å²) in [4.78, 5) is 22.3. The van der Waals surface area contributed by atoms with Gasteiger partial charge in [-0.2, -0.15) is 0 Å². The van der Waals surface area contributed by atoms with Gasteiger partial charge in [-0.1, -0.05) is 0 Å². The van der Waals surface area contributed by atoms with Crippen LogP contribution in [-0.2, 0) is 0 Å². The molecule has 2 aromatic carbocycles. The van der Waals surface area contributed by atoms with Gasteiger partial charge in [-0.15, -0.1) is 0 Å². The molecule has 0 saturated carbocycles. The molecule has 8 nitrogen and oxygen atoms in total. The molecule has 0 aliphatic carbocycles. The zero-order valence-corrected chi connectivity index (χ0v) is 13.3. The van der Waals surface area contributed by atoms with Crippen LogP contribution in [0.25, 0.3) is 0 Å². The third-order valence-electron chi connectivity index (χ3n) is 3.73. The van der Waals surface area contributed by atoms with E-state index in [9.17, 15) is 20.0 Å². The number of nitro groups is 1. The molecular formula is C16H16N2O6. The van der Waals surface area contributed by atoms with Gasteiger partial charge < -0.3 is 14.9 Å². The fourth-order valence-corrected chi connectivity index (χ4v) is 2.11. The SMILES string of the molecule is Cc1c(O)ccc(Oc2ccc([N+](=O)[O-])c(N(C)C(=O)O)c2)c1C. The number of amides is 1. The number of benzene rings is 2. The molecule has 0 aliphatic heterocycles. The molecule has 0 atom stereocenters. The molecule has 8 heteroatoms. The van der Waals surface area contributed by atoms with Crippen LogP contribution in [0.15, 0.2) is 30.3 Å². The van der Waals surface area contributed by atoms with Gasteiger partial charge in [0.1, 0.15) is 22.9 Å². The molecule has 24 heavy (non-hydrogen) atoms. The van der Waals surface area contributed by atoms with Crippen molar-refractivity contribution in [2.45, 2.75) is 13.8 Å². The minimum atomic E-state index is -1.33. The first-order chi connectivity index (χ1) is 11.2. The number of hydrogen-bond acceptors (Lipinski definition) is 5. The van der Waals surface area contributed by atoms with E-state index in [1.807, 2.05) is 0 Å². The summed E-state index contributed by atoms with van der Waals surface area (Å²) >= 11 is 0. The van der Waals surface area contributed by atoms with E-state index in [-0.39, 0.29) is 22.9 Å². The highest BCUT2D eigenvalue weighted by Gasteiger charge is 2.22. The number of carboxylic acid groups (broad SMARTS) is 1. The van der Waals surface area contributed by atoms with Crippen LogP contribution in [0.1, 0.15) is 11.1 Å².